The van der Waals surface area contributed by atoms with Crippen LogP contribution in [0, 0.1) is 52.3 Å². The lowest BCUT2D eigenvalue weighted by Crippen LogP contribution is -2.65. The van der Waals surface area contributed by atoms with E-state index in [1.165, 1.54) is 0 Å². The molecule has 0 aromatic rings. The summed E-state index contributed by atoms with van der Waals surface area (Å²) in [5.41, 5.74) is -0.419. The maximum Gasteiger partial charge on any atom is 0.408 e. The van der Waals surface area contributed by atoms with Crippen LogP contribution in [0.4, 0.5) is 9.59 Å². The normalized spacial score (nSPS) is 45.9. The van der Waals surface area contributed by atoms with Gasteiger partial charge in [0.15, 0.2) is 24.5 Å². The van der Waals surface area contributed by atoms with Gasteiger partial charge in [0.1, 0.15) is 68.2 Å². The van der Waals surface area contributed by atoms with Gasteiger partial charge in [-0.1, -0.05) is 27.7 Å². The van der Waals surface area contributed by atoms with Gasteiger partial charge >= 0.3 is 24.1 Å². The van der Waals surface area contributed by atoms with E-state index in [9.17, 15) is 49.5 Å². The molecule has 0 aromatic heterocycles. The van der Waals surface area contributed by atoms with E-state index < -0.39 is 124 Å². The SMILES string of the molecule is CCOC(=O)CNC(=O)OC[C@H]1O[C@@H](O[C@H]2[C@H](O)[C@@H](O)[C@H](O[C@H]3CC[C@@]4(C)[C@@H](CC[C@H]5[C@@H]6C[C@@H]7O[C@]8(CC[C@@H](C)CO8)[C@@H](C)[C@@H]7[C@@]6(C)CC(=O)[C@@H]54)C3)O[C@@H]2CO)[C@H](O)[C@@H](O)[C@@H]1OC(=O)NCC(=O)OCC. The van der Waals surface area contributed by atoms with Crippen molar-refractivity contribution < 1.29 is 96.9 Å². The van der Waals surface area contributed by atoms with Gasteiger partial charge in [0.25, 0.3) is 0 Å². The molecule has 22 atom stereocenters. The molecule has 0 radical (unpaired) electrons. The Hall–Kier alpha value is -3.29. The van der Waals surface area contributed by atoms with Gasteiger partial charge in [0.2, 0.25) is 0 Å². The first-order chi connectivity index (χ1) is 33.8. The van der Waals surface area contributed by atoms with E-state index >= 15 is 0 Å². The zero-order valence-corrected chi connectivity index (χ0v) is 41.6. The molecular formula is C49H76N2O20. The molecule has 7 N–H and O–H groups in total. The molecule has 4 heterocycles. The van der Waals surface area contributed by atoms with E-state index in [0.29, 0.717) is 49.9 Å². The third-order valence-corrected chi connectivity index (χ3v) is 17.6. The van der Waals surface area contributed by atoms with Gasteiger partial charge in [-0.3, -0.25) is 14.4 Å². The topological polar surface area (TPSA) is 303 Å². The van der Waals surface area contributed by atoms with E-state index in [0.717, 1.165) is 32.1 Å². The maximum atomic E-state index is 14.6. The minimum atomic E-state index is -2.02. The summed E-state index contributed by atoms with van der Waals surface area (Å²) in [6.45, 7) is 10.4. The summed E-state index contributed by atoms with van der Waals surface area (Å²) in [7, 11) is 0. The molecule has 4 saturated heterocycles. The zero-order valence-electron chi connectivity index (χ0n) is 41.6. The summed E-state index contributed by atoms with van der Waals surface area (Å²) < 4.78 is 57.6. The summed E-state index contributed by atoms with van der Waals surface area (Å²) in [6, 6.07) is 0. The molecule has 4 saturated carbocycles. The average molecular weight is 1010 g/mol. The highest BCUT2D eigenvalue weighted by Crippen LogP contribution is 2.70. The minimum Gasteiger partial charge on any atom is -0.465 e. The summed E-state index contributed by atoms with van der Waals surface area (Å²) in [4.78, 5) is 63.4. The van der Waals surface area contributed by atoms with Crippen LogP contribution < -0.4 is 10.6 Å². The lowest BCUT2D eigenvalue weighted by atomic mass is 9.44. The van der Waals surface area contributed by atoms with Gasteiger partial charge in [-0.05, 0) is 99.2 Å². The number of hydrogen-bond donors (Lipinski definition) is 7. The molecule has 0 bridgehead atoms. The van der Waals surface area contributed by atoms with Crippen molar-refractivity contribution in [3.05, 3.63) is 0 Å². The minimum absolute atomic E-state index is 0.0403. The Bertz CT molecular complexity index is 1920. The molecule has 8 aliphatic rings. The third-order valence-electron chi connectivity index (χ3n) is 17.6. The Morgan fingerprint density at radius 2 is 1.39 bits per heavy atom. The smallest absolute Gasteiger partial charge is 0.408 e. The Balaban J connectivity index is 0.883. The number of ketones is 1. The fourth-order valence-electron chi connectivity index (χ4n) is 14.2. The molecule has 22 nitrogen and oxygen atoms in total. The summed E-state index contributed by atoms with van der Waals surface area (Å²) in [5, 5.41) is 60.3. The molecule has 0 aromatic carbocycles. The number of aliphatic hydroxyl groups is 5. The van der Waals surface area contributed by atoms with Crippen molar-refractivity contribution in [2.75, 3.05) is 46.1 Å². The van der Waals surface area contributed by atoms with Crippen molar-refractivity contribution in [1.82, 2.24) is 10.6 Å². The number of alkyl carbamates (subject to hydrolysis) is 2. The molecule has 0 unspecified atom stereocenters. The van der Waals surface area contributed by atoms with Gasteiger partial charge in [0.05, 0.1) is 38.6 Å². The summed E-state index contributed by atoms with van der Waals surface area (Å²) in [6.07, 6.45) is -12.7. The summed E-state index contributed by atoms with van der Waals surface area (Å²) >= 11 is 0. The molecule has 402 valence electrons. The number of ether oxygens (including phenoxy) is 10. The molecule has 4 aliphatic heterocycles. The lowest BCUT2D eigenvalue weighted by molar-refractivity contribution is -0.363. The molecule has 4 aliphatic carbocycles. The van der Waals surface area contributed by atoms with Crippen LogP contribution in [-0.2, 0) is 61.8 Å². The molecule has 8 rings (SSSR count). The fourth-order valence-corrected chi connectivity index (χ4v) is 14.2. The van der Waals surface area contributed by atoms with Crippen LogP contribution in [0.3, 0.4) is 0 Å². The van der Waals surface area contributed by atoms with Crippen molar-refractivity contribution in [3.8, 4) is 0 Å². The van der Waals surface area contributed by atoms with Crippen LogP contribution in [0.5, 0.6) is 0 Å². The maximum absolute atomic E-state index is 14.6. The van der Waals surface area contributed by atoms with Gasteiger partial charge < -0.3 is 83.5 Å². The highest BCUT2D eigenvalue weighted by atomic mass is 16.8. The van der Waals surface area contributed by atoms with Gasteiger partial charge in [0, 0.05) is 24.7 Å². The number of Topliss-reactive ketones (excluding diaryl/α,β-unsaturated/α-hetero) is 1. The zero-order chi connectivity index (χ0) is 51.2. The van der Waals surface area contributed by atoms with Gasteiger partial charge in [-0.15, -0.1) is 0 Å². The number of carbonyl (C=O) groups excluding carboxylic acids is 5. The van der Waals surface area contributed by atoms with E-state index in [1.807, 2.05) is 0 Å². The quantitative estimate of drug-likeness (QED) is 0.0731. The first kappa shape index (κ1) is 54.0. The number of rotatable bonds is 14. The van der Waals surface area contributed by atoms with E-state index in [4.69, 9.17) is 47.4 Å². The van der Waals surface area contributed by atoms with Crippen LogP contribution in [-0.4, -0.2) is 181 Å². The number of amides is 2. The third kappa shape index (κ3) is 10.6. The lowest BCUT2D eigenvalue weighted by Gasteiger charge is -2.60. The van der Waals surface area contributed by atoms with Crippen LogP contribution in [0.25, 0.3) is 0 Å². The van der Waals surface area contributed by atoms with Gasteiger partial charge in [-0.2, -0.15) is 0 Å². The summed E-state index contributed by atoms with van der Waals surface area (Å²) in [5.74, 6) is -0.102. The highest BCUT2D eigenvalue weighted by Gasteiger charge is 2.71. The Morgan fingerprint density at radius 3 is 2.04 bits per heavy atom. The van der Waals surface area contributed by atoms with Crippen molar-refractivity contribution in [1.29, 1.82) is 0 Å². The van der Waals surface area contributed by atoms with E-state index in [-0.39, 0.29) is 59.7 Å². The number of fused-ring (bicyclic) bond motifs is 7. The molecule has 8 fully saturated rings. The predicted octanol–water partition coefficient (Wildman–Crippen LogP) is 1.22. The van der Waals surface area contributed by atoms with Crippen molar-refractivity contribution in [2.45, 2.75) is 179 Å². The van der Waals surface area contributed by atoms with E-state index in [2.05, 4.69) is 38.3 Å². The van der Waals surface area contributed by atoms with Crippen LogP contribution in [0.2, 0.25) is 0 Å². The molecule has 2 amide bonds. The molecule has 1 spiro atoms. The number of nitrogens with one attached hydrogen (secondary N) is 2. The second-order valence-corrected chi connectivity index (χ2v) is 21.8. The number of carbonyl (C=O) groups is 5. The predicted molar refractivity (Wildman–Crippen MR) is 241 cm³/mol. The standard InChI is InChI=1S/C49H76N2O20/c1-7-62-33(54)18-50-45(60)64-22-32-42(70-46(61)51-19-34(55)63-8-2)38(57)40(59)44(68-32)69-41-31(20-52)67-43(39(58)37(41)56)66-26-12-13-47(5)25(15-26)9-10-27-28-16-30-35(48(28,6)17-29(53)36(27)47)24(4)49(71-30)14-11-23(3)21-65-49/h23-28,30-32,35-44,52,56-59H,7-22H2,1-6H3,(H,50,60)(H,51,61)/t23-,24+,25+,26+,27+,28+,30+,31-,32-,35+,36-,37-,38-,39-,40-,41-,42-,43-,44+,47+,48+,49-/m1/s1. The number of aliphatic hydroxyl groups excluding tert-OH is 5. The Morgan fingerprint density at radius 1 is 0.746 bits per heavy atom. The van der Waals surface area contributed by atoms with Crippen molar-refractivity contribution >= 4 is 29.9 Å². The highest BCUT2D eigenvalue weighted by molar-refractivity contribution is 5.84. The Kier molecular flexibility index (Phi) is 16.6. The first-order valence-electron chi connectivity index (χ1n) is 25.7. The fraction of sp³-hybridized carbons (Fsp3) is 0.898. The van der Waals surface area contributed by atoms with Crippen LogP contribution >= 0.6 is 0 Å². The monoisotopic (exact) mass is 1010 g/mol. The molecule has 22 heteroatoms. The largest absolute Gasteiger partial charge is 0.465 e. The number of hydrogen-bond acceptors (Lipinski definition) is 20. The molecule has 71 heavy (non-hydrogen) atoms. The Labute approximate surface area is 413 Å². The van der Waals surface area contributed by atoms with Crippen molar-refractivity contribution in [3.63, 3.8) is 0 Å². The van der Waals surface area contributed by atoms with Crippen LogP contribution in [0.15, 0.2) is 0 Å². The van der Waals surface area contributed by atoms with Gasteiger partial charge in [-0.25, -0.2) is 9.59 Å². The first-order valence-corrected chi connectivity index (χ1v) is 25.7. The second kappa shape index (κ2) is 21.9. The second-order valence-electron chi connectivity index (χ2n) is 21.8. The van der Waals surface area contributed by atoms with Crippen molar-refractivity contribution in [2.24, 2.45) is 52.3 Å². The number of esters is 2. The average Bonchev–Trinajstić information content (AvgIpc) is 3.78. The van der Waals surface area contributed by atoms with E-state index in [1.54, 1.807) is 13.8 Å². The molecular weight excluding hydrogens is 937 g/mol. The van der Waals surface area contributed by atoms with Crippen LogP contribution in [0.1, 0.15) is 99.3 Å².